The molecule has 0 aliphatic carbocycles. The first-order valence-electron chi connectivity index (χ1n) is 6.77. The highest BCUT2D eigenvalue weighted by Gasteiger charge is 2.15. The van der Waals surface area contributed by atoms with Gasteiger partial charge in [-0.25, -0.2) is 0 Å². The van der Waals surface area contributed by atoms with Crippen molar-refractivity contribution in [3.05, 3.63) is 30.1 Å². The van der Waals surface area contributed by atoms with Gasteiger partial charge in [0.05, 0.1) is 32.5 Å². The first-order chi connectivity index (χ1) is 9.74. The maximum Gasteiger partial charge on any atom is 0.234 e. The second-order valence-corrected chi connectivity index (χ2v) is 4.90. The Labute approximate surface area is 119 Å². The molecule has 0 bridgehead atoms. The number of aromatic nitrogens is 1. The van der Waals surface area contributed by atoms with Crippen LogP contribution in [0.4, 0.5) is 0 Å². The highest BCUT2D eigenvalue weighted by molar-refractivity contribution is 5.77. The van der Waals surface area contributed by atoms with Gasteiger partial charge in [0.15, 0.2) is 0 Å². The van der Waals surface area contributed by atoms with Crippen molar-refractivity contribution in [2.45, 2.75) is 12.6 Å². The molecule has 2 heterocycles. The van der Waals surface area contributed by atoms with E-state index in [-0.39, 0.29) is 12.0 Å². The van der Waals surface area contributed by atoms with Crippen molar-refractivity contribution in [3.8, 4) is 0 Å². The largest absolute Gasteiger partial charge is 0.376 e. The Balaban J connectivity index is 1.65. The Morgan fingerprint density at radius 1 is 1.45 bits per heavy atom. The van der Waals surface area contributed by atoms with E-state index >= 15 is 0 Å². The Hall–Kier alpha value is -1.50. The molecule has 1 aliphatic rings. The van der Waals surface area contributed by atoms with Gasteiger partial charge in [-0.2, -0.15) is 0 Å². The smallest absolute Gasteiger partial charge is 0.234 e. The summed E-state index contributed by atoms with van der Waals surface area (Å²) in [7, 11) is 1.92. The highest BCUT2D eigenvalue weighted by atomic mass is 16.6. The van der Waals surface area contributed by atoms with Gasteiger partial charge in [0.2, 0.25) is 5.91 Å². The summed E-state index contributed by atoms with van der Waals surface area (Å²) in [4.78, 5) is 17.8. The third-order valence-corrected chi connectivity index (χ3v) is 3.03. The second kappa shape index (κ2) is 7.94. The number of carbonyl (C=O) groups is 1. The van der Waals surface area contributed by atoms with Crippen LogP contribution < -0.4 is 5.32 Å². The molecule has 0 unspecified atom stereocenters. The number of rotatable bonds is 6. The van der Waals surface area contributed by atoms with E-state index in [2.05, 4.69) is 10.3 Å². The van der Waals surface area contributed by atoms with Crippen molar-refractivity contribution in [2.24, 2.45) is 0 Å². The molecule has 1 amide bonds. The first-order valence-corrected chi connectivity index (χ1v) is 6.77. The molecule has 1 aliphatic heterocycles. The molecule has 1 aromatic rings. The van der Waals surface area contributed by atoms with E-state index < -0.39 is 0 Å². The molecule has 0 spiro atoms. The number of carbonyl (C=O) groups excluding carboxylic acids is 1. The number of likely N-dealkylation sites (N-methyl/N-ethyl adjacent to an activating group) is 1. The topological polar surface area (TPSA) is 63.7 Å². The van der Waals surface area contributed by atoms with Crippen LogP contribution in [0.2, 0.25) is 0 Å². The summed E-state index contributed by atoms with van der Waals surface area (Å²) in [6, 6.07) is 3.89. The van der Waals surface area contributed by atoms with Gasteiger partial charge in [0.1, 0.15) is 0 Å². The van der Waals surface area contributed by atoms with Crippen molar-refractivity contribution in [2.75, 3.05) is 40.0 Å². The summed E-state index contributed by atoms with van der Waals surface area (Å²) >= 11 is 0. The van der Waals surface area contributed by atoms with E-state index in [9.17, 15) is 4.79 Å². The molecule has 1 atom stereocenters. The maximum absolute atomic E-state index is 11.8. The van der Waals surface area contributed by atoms with Crippen LogP contribution in [-0.4, -0.2) is 61.9 Å². The van der Waals surface area contributed by atoms with Crippen molar-refractivity contribution < 1.29 is 14.3 Å². The molecule has 6 nitrogen and oxygen atoms in total. The molecular formula is C14H21N3O3. The van der Waals surface area contributed by atoms with Gasteiger partial charge < -0.3 is 14.8 Å². The number of pyridine rings is 1. The van der Waals surface area contributed by atoms with E-state index in [1.807, 2.05) is 24.1 Å². The standard InChI is InChI=1S/C14H21N3O3/c1-17(9-12-2-4-15-5-3-12)10-14(18)16-8-13-11-19-6-7-20-13/h2-5,13H,6-11H2,1H3,(H,16,18)/t13-/m0/s1. The zero-order valence-electron chi connectivity index (χ0n) is 11.7. The fourth-order valence-electron chi connectivity index (χ4n) is 2.04. The molecular weight excluding hydrogens is 258 g/mol. The lowest BCUT2D eigenvalue weighted by molar-refractivity contribution is -0.124. The number of hydrogen-bond donors (Lipinski definition) is 1. The zero-order valence-corrected chi connectivity index (χ0v) is 11.7. The van der Waals surface area contributed by atoms with Crippen LogP contribution in [0.3, 0.4) is 0 Å². The van der Waals surface area contributed by atoms with Crippen LogP contribution in [0.1, 0.15) is 5.56 Å². The lowest BCUT2D eigenvalue weighted by atomic mass is 10.2. The minimum Gasteiger partial charge on any atom is -0.376 e. The van der Waals surface area contributed by atoms with E-state index in [0.29, 0.717) is 32.9 Å². The summed E-state index contributed by atoms with van der Waals surface area (Å²) in [5, 5.41) is 2.87. The maximum atomic E-state index is 11.8. The SMILES string of the molecule is CN(CC(=O)NC[C@H]1COCCO1)Cc1ccncc1. The summed E-state index contributed by atoms with van der Waals surface area (Å²) in [6.07, 6.45) is 3.48. The third-order valence-electron chi connectivity index (χ3n) is 3.03. The third kappa shape index (κ3) is 5.24. The number of ether oxygens (including phenoxy) is 2. The molecule has 1 aromatic heterocycles. The van der Waals surface area contributed by atoms with Gasteiger partial charge in [-0.15, -0.1) is 0 Å². The minimum absolute atomic E-state index is 0.00395. The fraction of sp³-hybridized carbons (Fsp3) is 0.571. The average molecular weight is 279 g/mol. The fourth-order valence-corrected chi connectivity index (χ4v) is 2.04. The van der Waals surface area contributed by atoms with Gasteiger partial charge in [-0.1, -0.05) is 0 Å². The number of amides is 1. The van der Waals surface area contributed by atoms with Crippen LogP contribution in [0.5, 0.6) is 0 Å². The summed E-state index contributed by atoms with van der Waals surface area (Å²) < 4.78 is 10.8. The van der Waals surface area contributed by atoms with E-state index in [1.54, 1.807) is 12.4 Å². The molecule has 20 heavy (non-hydrogen) atoms. The molecule has 1 saturated heterocycles. The quantitative estimate of drug-likeness (QED) is 0.797. The van der Waals surface area contributed by atoms with E-state index in [0.717, 1.165) is 12.1 Å². The molecule has 0 aromatic carbocycles. The van der Waals surface area contributed by atoms with Gasteiger partial charge in [0, 0.05) is 25.5 Å². The first kappa shape index (κ1) is 14.9. The summed E-state index contributed by atoms with van der Waals surface area (Å²) in [5.41, 5.74) is 1.14. The number of hydrogen-bond acceptors (Lipinski definition) is 5. The van der Waals surface area contributed by atoms with Crippen LogP contribution in [0.25, 0.3) is 0 Å². The van der Waals surface area contributed by atoms with Crippen LogP contribution in [0.15, 0.2) is 24.5 Å². The predicted molar refractivity (Wildman–Crippen MR) is 74.1 cm³/mol. The summed E-state index contributed by atoms with van der Waals surface area (Å²) in [6.45, 7) is 3.37. The monoisotopic (exact) mass is 279 g/mol. The Morgan fingerprint density at radius 2 is 2.25 bits per heavy atom. The lowest BCUT2D eigenvalue weighted by Crippen LogP contribution is -2.42. The number of nitrogens with one attached hydrogen (secondary N) is 1. The highest BCUT2D eigenvalue weighted by Crippen LogP contribution is 2.01. The normalized spacial score (nSPS) is 19.0. The Bertz CT molecular complexity index is 407. The van der Waals surface area contributed by atoms with Crippen molar-refractivity contribution in [3.63, 3.8) is 0 Å². The second-order valence-electron chi connectivity index (χ2n) is 4.90. The van der Waals surface area contributed by atoms with Crippen molar-refractivity contribution in [1.82, 2.24) is 15.2 Å². The zero-order chi connectivity index (χ0) is 14.2. The molecule has 0 saturated carbocycles. The molecule has 1 N–H and O–H groups in total. The van der Waals surface area contributed by atoms with Crippen LogP contribution >= 0.6 is 0 Å². The van der Waals surface area contributed by atoms with Crippen LogP contribution in [0, 0.1) is 0 Å². The molecule has 6 heteroatoms. The average Bonchev–Trinajstić information content (AvgIpc) is 2.47. The Kier molecular flexibility index (Phi) is 5.91. The van der Waals surface area contributed by atoms with E-state index in [1.165, 1.54) is 0 Å². The number of nitrogens with zero attached hydrogens (tertiary/aromatic N) is 2. The van der Waals surface area contributed by atoms with Gasteiger partial charge in [-0.05, 0) is 24.7 Å². The van der Waals surface area contributed by atoms with E-state index in [4.69, 9.17) is 9.47 Å². The van der Waals surface area contributed by atoms with Gasteiger partial charge >= 0.3 is 0 Å². The lowest BCUT2D eigenvalue weighted by Gasteiger charge is -2.23. The van der Waals surface area contributed by atoms with Gasteiger partial charge in [-0.3, -0.25) is 14.7 Å². The summed E-state index contributed by atoms with van der Waals surface area (Å²) in [5.74, 6) is -0.00395. The molecule has 0 radical (unpaired) electrons. The van der Waals surface area contributed by atoms with Crippen molar-refractivity contribution in [1.29, 1.82) is 0 Å². The van der Waals surface area contributed by atoms with Crippen molar-refractivity contribution >= 4 is 5.91 Å². The van der Waals surface area contributed by atoms with Crippen LogP contribution in [-0.2, 0) is 20.8 Å². The molecule has 2 rings (SSSR count). The predicted octanol–water partition coefficient (Wildman–Crippen LogP) is 0.0450. The van der Waals surface area contributed by atoms with Gasteiger partial charge in [0.25, 0.3) is 0 Å². The molecule has 110 valence electrons. The Morgan fingerprint density at radius 3 is 2.95 bits per heavy atom. The molecule has 1 fully saturated rings. The minimum atomic E-state index is -0.0294.